The molecule has 2 aromatic heterocycles. The summed E-state index contributed by atoms with van der Waals surface area (Å²) in [6.45, 7) is 3.90. The van der Waals surface area contributed by atoms with Crippen LogP contribution in [-0.4, -0.2) is 15.7 Å². The minimum absolute atomic E-state index is 0.104. The Labute approximate surface area is 113 Å². The maximum Gasteiger partial charge on any atom is 0.256 e. The highest BCUT2D eigenvalue weighted by molar-refractivity contribution is 9.10. The molecule has 1 atom stereocenters. The average molecular weight is 312 g/mol. The maximum atomic E-state index is 12.0. The molecule has 0 saturated carbocycles. The van der Waals surface area contributed by atoms with Gasteiger partial charge >= 0.3 is 0 Å². The first-order valence-electron chi connectivity index (χ1n) is 5.53. The van der Waals surface area contributed by atoms with Crippen LogP contribution < -0.4 is 5.32 Å². The van der Waals surface area contributed by atoms with Gasteiger partial charge < -0.3 is 9.73 Å². The summed E-state index contributed by atoms with van der Waals surface area (Å²) in [5.41, 5.74) is 2.53. The highest BCUT2D eigenvalue weighted by atomic mass is 79.9. The van der Waals surface area contributed by atoms with Crippen molar-refractivity contribution < 1.29 is 9.21 Å². The molecule has 2 aromatic rings. The van der Waals surface area contributed by atoms with Crippen molar-refractivity contribution in [3.05, 3.63) is 40.0 Å². The third kappa shape index (κ3) is 2.33. The fourth-order valence-corrected chi connectivity index (χ4v) is 2.17. The molecule has 1 amide bonds. The molecule has 0 fully saturated rings. The molecule has 0 saturated heterocycles. The van der Waals surface area contributed by atoms with Crippen molar-refractivity contribution in [2.45, 2.75) is 19.9 Å². The number of aromatic nitrogens is 2. The largest absolute Gasteiger partial charge is 0.457 e. The van der Waals surface area contributed by atoms with Crippen LogP contribution in [0.1, 0.15) is 34.6 Å². The van der Waals surface area contributed by atoms with Gasteiger partial charge in [0.2, 0.25) is 0 Å². The van der Waals surface area contributed by atoms with E-state index in [1.165, 1.54) is 6.26 Å². The highest BCUT2D eigenvalue weighted by Crippen LogP contribution is 2.20. The zero-order chi connectivity index (χ0) is 13.3. The second-order valence-electron chi connectivity index (χ2n) is 4.11. The number of halogens is 1. The van der Waals surface area contributed by atoms with Crippen molar-refractivity contribution in [1.29, 1.82) is 0 Å². The summed E-state index contributed by atoms with van der Waals surface area (Å²) in [6.07, 6.45) is 3.24. The normalized spacial score (nSPS) is 12.4. The van der Waals surface area contributed by atoms with E-state index in [4.69, 9.17) is 4.42 Å². The Hall–Kier alpha value is -1.56. The number of furan rings is 1. The zero-order valence-corrected chi connectivity index (χ0v) is 12.0. The molecule has 96 valence electrons. The molecule has 18 heavy (non-hydrogen) atoms. The maximum absolute atomic E-state index is 12.0. The van der Waals surface area contributed by atoms with Crippen LogP contribution >= 0.6 is 15.9 Å². The van der Waals surface area contributed by atoms with Crippen molar-refractivity contribution >= 4 is 21.8 Å². The Morgan fingerprint density at radius 2 is 2.33 bits per heavy atom. The van der Waals surface area contributed by atoms with Gasteiger partial charge in [-0.25, -0.2) is 0 Å². The summed E-state index contributed by atoms with van der Waals surface area (Å²) in [5.74, 6) is -0.175. The molecule has 2 heterocycles. The third-order valence-corrected chi connectivity index (χ3v) is 3.56. The minimum atomic E-state index is -0.175. The monoisotopic (exact) mass is 311 g/mol. The summed E-state index contributed by atoms with van der Waals surface area (Å²) >= 11 is 3.19. The number of hydrogen-bond acceptors (Lipinski definition) is 3. The van der Waals surface area contributed by atoms with Crippen LogP contribution in [0.15, 0.2) is 27.6 Å². The molecule has 1 N–H and O–H groups in total. The van der Waals surface area contributed by atoms with E-state index < -0.39 is 0 Å². The van der Waals surface area contributed by atoms with Crippen LogP contribution in [0.2, 0.25) is 0 Å². The fraction of sp³-hybridized carbons (Fsp3) is 0.333. The number of aryl methyl sites for hydroxylation is 1. The topological polar surface area (TPSA) is 60.1 Å². The van der Waals surface area contributed by atoms with E-state index in [0.717, 1.165) is 11.3 Å². The van der Waals surface area contributed by atoms with Gasteiger partial charge in [0.25, 0.3) is 5.91 Å². The van der Waals surface area contributed by atoms with Gasteiger partial charge in [-0.1, -0.05) is 0 Å². The van der Waals surface area contributed by atoms with Crippen LogP contribution in [0.25, 0.3) is 0 Å². The van der Waals surface area contributed by atoms with Crippen molar-refractivity contribution in [2.24, 2.45) is 7.05 Å². The van der Waals surface area contributed by atoms with E-state index in [1.54, 1.807) is 16.9 Å². The lowest BCUT2D eigenvalue weighted by molar-refractivity contribution is 0.0938. The van der Waals surface area contributed by atoms with Crippen LogP contribution in [0.3, 0.4) is 0 Å². The summed E-state index contributed by atoms with van der Waals surface area (Å²) in [5, 5.41) is 7.07. The van der Waals surface area contributed by atoms with Gasteiger partial charge in [0.05, 0.1) is 24.1 Å². The van der Waals surface area contributed by atoms with Crippen LogP contribution in [0, 0.1) is 6.92 Å². The van der Waals surface area contributed by atoms with Crippen molar-refractivity contribution in [2.75, 3.05) is 0 Å². The lowest BCUT2D eigenvalue weighted by Gasteiger charge is -2.13. The fourth-order valence-electron chi connectivity index (χ4n) is 1.75. The summed E-state index contributed by atoms with van der Waals surface area (Å²) in [7, 11) is 1.88. The molecule has 2 rings (SSSR count). The first kappa shape index (κ1) is 12.9. The number of nitrogens with one attached hydrogen (secondary N) is 1. The lowest BCUT2D eigenvalue weighted by Crippen LogP contribution is -2.26. The average Bonchev–Trinajstić information content (AvgIpc) is 2.87. The second kappa shape index (κ2) is 4.97. The molecule has 0 spiro atoms. The molecule has 1 unspecified atom stereocenters. The number of carbonyl (C=O) groups excluding carboxylic acids is 1. The Bertz CT molecular complexity index is 574. The smallest absolute Gasteiger partial charge is 0.256 e. The summed E-state index contributed by atoms with van der Waals surface area (Å²) in [4.78, 5) is 12.0. The Morgan fingerprint density at radius 1 is 1.61 bits per heavy atom. The number of carbonyl (C=O) groups is 1. The van der Waals surface area contributed by atoms with E-state index in [-0.39, 0.29) is 11.9 Å². The van der Waals surface area contributed by atoms with Gasteiger partial charge in [-0.15, -0.1) is 0 Å². The molecule has 5 nitrogen and oxygen atoms in total. The van der Waals surface area contributed by atoms with Crippen LogP contribution in [0.5, 0.6) is 0 Å². The highest BCUT2D eigenvalue weighted by Gasteiger charge is 2.18. The Morgan fingerprint density at radius 3 is 2.83 bits per heavy atom. The standard InChI is InChI=1S/C12H14BrN3O2/c1-7(10-6-14-16(3)8(10)2)15-12(17)9-4-5-18-11(9)13/h4-7H,1-3H3,(H,15,17). The molecule has 0 aliphatic rings. The number of hydrogen-bond donors (Lipinski definition) is 1. The van der Waals surface area contributed by atoms with E-state index in [2.05, 4.69) is 26.3 Å². The van der Waals surface area contributed by atoms with E-state index in [0.29, 0.717) is 10.2 Å². The lowest BCUT2D eigenvalue weighted by atomic mass is 10.1. The first-order valence-corrected chi connectivity index (χ1v) is 6.32. The van der Waals surface area contributed by atoms with Gasteiger partial charge in [0.1, 0.15) is 0 Å². The zero-order valence-electron chi connectivity index (χ0n) is 10.4. The molecule has 0 aliphatic heterocycles. The van der Waals surface area contributed by atoms with Crippen molar-refractivity contribution in [3.8, 4) is 0 Å². The van der Waals surface area contributed by atoms with E-state index in [1.807, 2.05) is 20.9 Å². The van der Waals surface area contributed by atoms with Gasteiger partial charge in [-0.3, -0.25) is 9.48 Å². The molecular formula is C12H14BrN3O2. The predicted octanol–water partition coefficient (Wildman–Crippen LogP) is 2.58. The van der Waals surface area contributed by atoms with Gasteiger partial charge in [0, 0.05) is 18.3 Å². The van der Waals surface area contributed by atoms with Gasteiger partial charge in [0.15, 0.2) is 4.67 Å². The molecule has 0 radical (unpaired) electrons. The quantitative estimate of drug-likeness (QED) is 0.947. The number of rotatable bonds is 3. The van der Waals surface area contributed by atoms with Crippen LogP contribution in [-0.2, 0) is 7.05 Å². The molecule has 0 bridgehead atoms. The second-order valence-corrected chi connectivity index (χ2v) is 4.83. The Balaban J connectivity index is 2.13. The first-order chi connectivity index (χ1) is 8.50. The van der Waals surface area contributed by atoms with Crippen molar-refractivity contribution in [1.82, 2.24) is 15.1 Å². The minimum Gasteiger partial charge on any atom is -0.457 e. The number of amides is 1. The van der Waals surface area contributed by atoms with Crippen LogP contribution in [0.4, 0.5) is 0 Å². The SMILES string of the molecule is Cc1c(C(C)NC(=O)c2ccoc2Br)cnn1C. The van der Waals surface area contributed by atoms with Crippen molar-refractivity contribution in [3.63, 3.8) is 0 Å². The molecular weight excluding hydrogens is 298 g/mol. The Kier molecular flexibility index (Phi) is 3.56. The van der Waals surface area contributed by atoms with Gasteiger partial charge in [-0.2, -0.15) is 5.10 Å². The number of nitrogens with zero attached hydrogens (tertiary/aromatic N) is 2. The molecule has 0 aromatic carbocycles. The van der Waals surface area contributed by atoms with Gasteiger partial charge in [-0.05, 0) is 35.8 Å². The predicted molar refractivity (Wildman–Crippen MR) is 70.2 cm³/mol. The van der Waals surface area contributed by atoms with E-state index in [9.17, 15) is 4.79 Å². The van der Waals surface area contributed by atoms with E-state index >= 15 is 0 Å². The molecule has 6 heteroatoms. The summed E-state index contributed by atoms with van der Waals surface area (Å²) < 4.78 is 7.26. The third-order valence-electron chi connectivity index (χ3n) is 2.95. The summed E-state index contributed by atoms with van der Waals surface area (Å²) in [6, 6.07) is 1.52. The molecule has 0 aliphatic carbocycles.